The fraction of sp³-hybridized carbons (Fsp3) is 0.583. The number of aromatic nitrogens is 2. The van der Waals surface area contributed by atoms with Crippen LogP contribution in [0.2, 0.25) is 5.02 Å². The minimum atomic E-state index is 0.293. The summed E-state index contributed by atoms with van der Waals surface area (Å²) in [5.74, 6) is 1.75. The monoisotopic (exact) mass is 456 g/mol. The molecular weight excluding hydrogens is 424 g/mol. The Morgan fingerprint density at radius 2 is 2.06 bits per heavy atom. The molecule has 2 saturated heterocycles. The molecule has 2 aliphatic heterocycles. The lowest BCUT2D eigenvalue weighted by Crippen LogP contribution is -2.59. The zero-order chi connectivity index (χ0) is 22.1. The van der Waals surface area contributed by atoms with Gasteiger partial charge in [0.2, 0.25) is 0 Å². The van der Waals surface area contributed by atoms with Crippen molar-refractivity contribution >= 4 is 34.9 Å². The molecule has 2 aromatic rings. The minimum Gasteiger partial charge on any atom is -0.381 e. The lowest BCUT2D eigenvalue weighted by molar-refractivity contribution is -0.0977. The van der Waals surface area contributed by atoms with Crippen molar-refractivity contribution in [1.29, 1.82) is 5.41 Å². The number of rotatable bonds is 5. The first-order valence-corrected chi connectivity index (χ1v) is 12.1. The maximum absolute atomic E-state index is 7.74. The zero-order valence-corrected chi connectivity index (χ0v) is 19.5. The predicted molar refractivity (Wildman–Crippen MR) is 130 cm³/mol. The Morgan fingerprint density at radius 1 is 1.28 bits per heavy atom. The first-order chi connectivity index (χ1) is 15.6. The molecule has 7 rings (SSSR count). The van der Waals surface area contributed by atoms with Crippen LogP contribution in [0.4, 0.5) is 17.1 Å². The molecule has 5 fully saturated rings. The van der Waals surface area contributed by atoms with Gasteiger partial charge < -0.3 is 25.7 Å². The third-order valence-electron chi connectivity index (χ3n) is 7.24. The number of nitrogens with one attached hydrogen (secondary N) is 3. The molecule has 1 aromatic carbocycles. The highest BCUT2D eigenvalue weighted by atomic mass is 35.5. The molecule has 1 atom stereocenters. The van der Waals surface area contributed by atoms with Gasteiger partial charge in [0.05, 0.1) is 28.1 Å². The molecule has 3 heterocycles. The summed E-state index contributed by atoms with van der Waals surface area (Å²) < 4.78 is 7.19. The zero-order valence-electron chi connectivity index (χ0n) is 18.7. The molecule has 2 bridgehead atoms. The van der Waals surface area contributed by atoms with E-state index in [1.807, 2.05) is 12.3 Å². The van der Waals surface area contributed by atoms with Crippen LogP contribution in [-0.4, -0.2) is 55.4 Å². The van der Waals surface area contributed by atoms with Gasteiger partial charge in [0, 0.05) is 63.1 Å². The van der Waals surface area contributed by atoms with Crippen molar-refractivity contribution in [2.75, 3.05) is 49.6 Å². The summed E-state index contributed by atoms with van der Waals surface area (Å²) in [5.41, 5.74) is 3.96. The minimum absolute atomic E-state index is 0.293. The summed E-state index contributed by atoms with van der Waals surface area (Å²) in [6, 6.07) is 3.94. The molecule has 8 heteroatoms. The summed E-state index contributed by atoms with van der Waals surface area (Å²) in [7, 11) is 0. The van der Waals surface area contributed by atoms with Crippen molar-refractivity contribution in [3.63, 3.8) is 0 Å². The van der Waals surface area contributed by atoms with E-state index < -0.39 is 0 Å². The van der Waals surface area contributed by atoms with Gasteiger partial charge in [-0.15, -0.1) is 0 Å². The van der Waals surface area contributed by atoms with Crippen molar-refractivity contribution in [3.8, 4) is 0 Å². The molecule has 32 heavy (non-hydrogen) atoms. The molecule has 5 aliphatic rings. The second kappa shape index (κ2) is 9.04. The van der Waals surface area contributed by atoms with Gasteiger partial charge in [0.15, 0.2) is 0 Å². The SMILES string of the molecule is CC1CCOC1.N=Cc1cc(Cl)c(N2CCNCC2)cc1Nc1cnn(C23CC(C2)C3)c1. The predicted octanol–water partition coefficient (Wildman–Crippen LogP) is 4.24. The van der Waals surface area contributed by atoms with E-state index in [2.05, 4.69) is 44.5 Å². The van der Waals surface area contributed by atoms with Crippen LogP contribution >= 0.6 is 11.6 Å². The second-order valence-corrected chi connectivity index (χ2v) is 10.1. The highest BCUT2D eigenvalue weighted by Gasteiger charge is 2.58. The van der Waals surface area contributed by atoms with Gasteiger partial charge in [-0.1, -0.05) is 18.5 Å². The lowest BCUT2D eigenvalue weighted by Gasteiger charge is -2.61. The highest BCUT2D eigenvalue weighted by molar-refractivity contribution is 6.33. The number of halogens is 1. The number of piperazine rings is 1. The first kappa shape index (κ1) is 21.7. The van der Waals surface area contributed by atoms with E-state index >= 15 is 0 Å². The van der Waals surface area contributed by atoms with Crippen molar-refractivity contribution in [1.82, 2.24) is 15.1 Å². The number of hydrogen-bond donors (Lipinski definition) is 3. The fourth-order valence-electron chi connectivity index (χ4n) is 5.12. The molecule has 7 nitrogen and oxygen atoms in total. The van der Waals surface area contributed by atoms with Gasteiger partial charge in [-0.2, -0.15) is 5.10 Å². The van der Waals surface area contributed by atoms with E-state index in [0.29, 0.717) is 10.6 Å². The largest absolute Gasteiger partial charge is 0.381 e. The average Bonchev–Trinajstić information content (AvgIpc) is 3.40. The van der Waals surface area contributed by atoms with E-state index in [4.69, 9.17) is 21.7 Å². The number of nitrogens with zero attached hydrogens (tertiary/aromatic N) is 3. The van der Waals surface area contributed by atoms with Crippen LogP contribution in [0.5, 0.6) is 0 Å². The summed E-state index contributed by atoms with van der Waals surface area (Å²) in [5, 5.41) is 19.8. The highest BCUT2D eigenvalue weighted by Crippen LogP contribution is 2.62. The molecule has 0 amide bonds. The van der Waals surface area contributed by atoms with Crippen LogP contribution in [0, 0.1) is 17.2 Å². The number of hydrogen-bond acceptors (Lipinski definition) is 6. The van der Waals surface area contributed by atoms with Crippen LogP contribution in [0.3, 0.4) is 0 Å². The number of ether oxygens (including phenoxy) is 1. The van der Waals surface area contributed by atoms with Crippen molar-refractivity contribution < 1.29 is 4.74 Å². The van der Waals surface area contributed by atoms with Gasteiger partial charge in [0.25, 0.3) is 0 Å². The Labute approximate surface area is 195 Å². The van der Waals surface area contributed by atoms with Gasteiger partial charge in [-0.25, -0.2) is 0 Å². The van der Waals surface area contributed by atoms with E-state index in [-0.39, 0.29) is 0 Å². The van der Waals surface area contributed by atoms with E-state index in [0.717, 1.165) is 73.9 Å². The Hall–Kier alpha value is -2.09. The molecular formula is C24H33ClN6O. The summed E-state index contributed by atoms with van der Waals surface area (Å²) in [6.07, 6.45) is 10.4. The number of benzene rings is 1. The van der Waals surface area contributed by atoms with Gasteiger partial charge >= 0.3 is 0 Å². The summed E-state index contributed by atoms with van der Waals surface area (Å²) in [4.78, 5) is 2.29. The Balaban J connectivity index is 0.000000314. The maximum Gasteiger partial charge on any atom is 0.0770 e. The molecule has 0 radical (unpaired) electrons. The Kier molecular flexibility index (Phi) is 6.14. The van der Waals surface area contributed by atoms with Gasteiger partial charge in [-0.05, 0) is 49.7 Å². The van der Waals surface area contributed by atoms with Crippen molar-refractivity contribution in [2.45, 2.75) is 38.1 Å². The van der Waals surface area contributed by atoms with E-state index in [1.165, 1.54) is 31.9 Å². The maximum atomic E-state index is 7.74. The number of anilines is 3. The van der Waals surface area contributed by atoms with Crippen molar-refractivity contribution in [3.05, 3.63) is 35.1 Å². The van der Waals surface area contributed by atoms with E-state index in [9.17, 15) is 0 Å². The summed E-state index contributed by atoms with van der Waals surface area (Å²) in [6.45, 7) is 7.98. The first-order valence-electron chi connectivity index (χ1n) is 11.8. The molecule has 172 valence electrons. The molecule has 1 unspecified atom stereocenters. The van der Waals surface area contributed by atoms with Crippen molar-refractivity contribution in [2.24, 2.45) is 11.8 Å². The van der Waals surface area contributed by atoms with Crippen LogP contribution in [-0.2, 0) is 10.3 Å². The molecule has 0 spiro atoms. The van der Waals surface area contributed by atoms with Gasteiger partial charge in [-0.3, -0.25) is 4.68 Å². The molecule has 3 saturated carbocycles. The second-order valence-electron chi connectivity index (χ2n) is 9.74. The van der Waals surface area contributed by atoms with E-state index in [1.54, 1.807) is 0 Å². The van der Waals surface area contributed by atoms with Crippen LogP contribution in [0.25, 0.3) is 0 Å². The normalized spacial score (nSPS) is 28.2. The quantitative estimate of drug-likeness (QED) is 0.586. The third kappa shape index (κ3) is 4.26. The molecule has 1 aromatic heterocycles. The van der Waals surface area contributed by atoms with Gasteiger partial charge in [0.1, 0.15) is 0 Å². The summed E-state index contributed by atoms with van der Waals surface area (Å²) >= 11 is 6.50. The third-order valence-corrected chi connectivity index (χ3v) is 7.55. The van der Waals surface area contributed by atoms with Crippen LogP contribution in [0.15, 0.2) is 24.5 Å². The fourth-order valence-corrected chi connectivity index (χ4v) is 5.41. The smallest absolute Gasteiger partial charge is 0.0770 e. The Bertz CT molecular complexity index is 946. The Morgan fingerprint density at radius 3 is 2.62 bits per heavy atom. The average molecular weight is 457 g/mol. The standard InChI is InChI=1S/C19H23ClN6.C5H10O/c20-16-5-14(10-21)17(6-18(16)25-3-1-22-2-4-25)24-15-11-23-26(12-15)19-7-13(8-19)9-19;1-5-2-3-6-4-5/h5-6,10-13,21-22,24H,1-4,7-9H2;5H,2-4H2,1H3. The lowest BCUT2D eigenvalue weighted by atomic mass is 9.50. The topological polar surface area (TPSA) is 78.2 Å². The molecule has 3 aliphatic carbocycles. The van der Waals surface area contributed by atoms with Crippen LogP contribution in [0.1, 0.15) is 38.2 Å². The van der Waals surface area contributed by atoms with Crippen LogP contribution < -0.4 is 15.5 Å². The molecule has 3 N–H and O–H groups in total.